The smallest absolute Gasteiger partial charge is 0.330 e. The third-order valence-electron chi connectivity index (χ3n) is 2.28. The monoisotopic (exact) mass is 188 g/mol. The van der Waals surface area contributed by atoms with E-state index in [4.69, 9.17) is 4.74 Å². The van der Waals surface area contributed by atoms with E-state index < -0.39 is 0 Å². The fourth-order valence-corrected chi connectivity index (χ4v) is 1.55. The van der Waals surface area contributed by atoms with Crippen molar-refractivity contribution in [1.29, 1.82) is 0 Å². The van der Waals surface area contributed by atoms with E-state index in [2.05, 4.69) is 12.1 Å². The third-order valence-corrected chi connectivity index (χ3v) is 2.28. The van der Waals surface area contributed by atoms with Gasteiger partial charge in [0.2, 0.25) is 0 Å². The molecule has 2 heteroatoms. The van der Waals surface area contributed by atoms with Crippen LogP contribution in [0.5, 0.6) is 0 Å². The van der Waals surface area contributed by atoms with E-state index >= 15 is 0 Å². The Bertz CT molecular complexity index is 341. The summed E-state index contributed by atoms with van der Waals surface area (Å²) in [5.74, 6) is 0.101. The molecule has 0 amide bonds. The summed E-state index contributed by atoms with van der Waals surface area (Å²) in [4.78, 5) is 10.8. The molecule has 0 fully saturated rings. The molecule has 1 atom stereocenters. The maximum atomic E-state index is 10.8. The summed E-state index contributed by atoms with van der Waals surface area (Å²) in [6, 6.07) is 10.2. The van der Waals surface area contributed by atoms with Gasteiger partial charge in [-0.3, -0.25) is 0 Å². The lowest BCUT2D eigenvalue weighted by Gasteiger charge is -2.16. The Labute approximate surface area is 83.2 Å². The van der Waals surface area contributed by atoms with Crippen LogP contribution in [-0.4, -0.2) is 12.6 Å². The second kappa shape index (κ2) is 4.09. The van der Waals surface area contributed by atoms with Crippen molar-refractivity contribution < 1.29 is 9.53 Å². The molecule has 0 unspecified atom stereocenters. The number of carbonyl (C=O) groups excluding carboxylic acids is 1. The minimum Gasteiger partial charge on any atom is -0.462 e. The van der Waals surface area contributed by atoms with E-state index in [0.29, 0.717) is 12.5 Å². The summed E-state index contributed by atoms with van der Waals surface area (Å²) in [5, 5.41) is 0. The van der Waals surface area contributed by atoms with Crippen LogP contribution < -0.4 is 0 Å². The van der Waals surface area contributed by atoms with Crippen molar-refractivity contribution in [3.63, 3.8) is 0 Å². The van der Waals surface area contributed by atoms with Crippen LogP contribution in [0.4, 0.5) is 0 Å². The van der Waals surface area contributed by atoms with Gasteiger partial charge in [0.1, 0.15) is 0 Å². The second-order valence-electron chi connectivity index (χ2n) is 3.44. The molecular formula is C12H12O2. The molecule has 0 N–H and O–H groups in total. The molecule has 0 spiro atoms. The van der Waals surface area contributed by atoms with Gasteiger partial charge in [0.15, 0.2) is 0 Å². The fourth-order valence-electron chi connectivity index (χ4n) is 1.55. The number of cyclic esters (lactones) is 1. The lowest BCUT2D eigenvalue weighted by molar-refractivity contribution is -0.139. The van der Waals surface area contributed by atoms with E-state index in [1.54, 1.807) is 0 Å². The van der Waals surface area contributed by atoms with Crippen LogP contribution in [0.15, 0.2) is 42.5 Å². The third kappa shape index (κ3) is 2.22. The van der Waals surface area contributed by atoms with Gasteiger partial charge in [-0.05, 0) is 12.0 Å². The number of rotatable bonds is 2. The first-order valence-electron chi connectivity index (χ1n) is 4.73. The molecule has 1 aromatic carbocycles. The van der Waals surface area contributed by atoms with Crippen molar-refractivity contribution in [2.75, 3.05) is 6.61 Å². The topological polar surface area (TPSA) is 26.3 Å². The first-order chi connectivity index (χ1) is 6.84. The van der Waals surface area contributed by atoms with Crippen molar-refractivity contribution >= 4 is 5.97 Å². The summed E-state index contributed by atoms with van der Waals surface area (Å²) in [5.41, 5.74) is 1.28. The average Bonchev–Trinajstić information content (AvgIpc) is 2.23. The Balaban J connectivity index is 1.99. The molecule has 2 nitrogen and oxygen atoms in total. The minimum atomic E-state index is -0.227. The SMILES string of the molecule is O=C1C=C[C@@H](Cc2ccccc2)CO1. The Kier molecular flexibility index (Phi) is 2.63. The zero-order valence-electron chi connectivity index (χ0n) is 7.85. The van der Waals surface area contributed by atoms with Gasteiger partial charge in [-0.15, -0.1) is 0 Å². The molecule has 0 radical (unpaired) electrons. The molecule has 0 saturated heterocycles. The predicted molar refractivity (Wildman–Crippen MR) is 53.7 cm³/mol. The standard InChI is InChI=1S/C12H12O2/c13-12-7-6-11(9-14-12)8-10-4-2-1-3-5-10/h1-7,11H,8-9H2/t11-/m0/s1. The molecule has 72 valence electrons. The van der Waals surface area contributed by atoms with Gasteiger partial charge in [0.25, 0.3) is 0 Å². The van der Waals surface area contributed by atoms with Gasteiger partial charge in [0.05, 0.1) is 6.61 Å². The van der Waals surface area contributed by atoms with E-state index in [-0.39, 0.29) is 5.97 Å². The van der Waals surface area contributed by atoms with Crippen molar-refractivity contribution in [2.45, 2.75) is 6.42 Å². The fraction of sp³-hybridized carbons (Fsp3) is 0.250. The van der Waals surface area contributed by atoms with Crippen molar-refractivity contribution in [3.05, 3.63) is 48.0 Å². The molecule has 0 aliphatic carbocycles. The summed E-state index contributed by atoms with van der Waals surface area (Å²) >= 11 is 0. The van der Waals surface area contributed by atoms with Crippen LogP contribution in [0.25, 0.3) is 0 Å². The zero-order valence-corrected chi connectivity index (χ0v) is 7.85. The van der Waals surface area contributed by atoms with E-state index in [0.717, 1.165) is 6.42 Å². The second-order valence-corrected chi connectivity index (χ2v) is 3.44. The van der Waals surface area contributed by atoms with Gasteiger partial charge < -0.3 is 4.74 Å². The quantitative estimate of drug-likeness (QED) is 0.663. The number of benzene rings is 1. The number of esters is 1. The van der Waals surface area contributed by atoms with Crippen LogP contribution in [-0.2, 0) is 16.0 Å². The molecule has 0 bridgehead atoms. The van der Waals surface area contributed by atoms with Crippen molar-refractivity contribution in [2.24, 2.45) is 5.92 Å². The van der Waals surface area contributed by atoms with E-state index in [1.165, 1.54) is 11.6 Å². The molecule has 2 rings (SSSR count). The molecule has 14 heavy (non-hydrogen) atoms. The van der Waals surface area contributed by atoms with Gasteiger partial charge in [0, 0.05) is 12.0 Å². The van der Waals surface area contributed by atoms with Crippen molar-refractivity contribution in [3.8, 4) is 0 Å². The number of carbonyl (C=O) groups is 1. The Hall–Kier alpha value is -1.57. The highest BCUT2D eigenvalue weighted by molar-refractivity contribution is 5.82. The first kappa shape index (κ1) is 9.00. The summed E-state index contributed by atoms with van der Waals surface area (Å²) in [7, 11) is 0. The predicted octanol–water partition coefficient (Wildman–Crippen LogP) is 1.96. The van der Waals surface area contributed by atoms with E-state index in [1.807, 2.05) is 24.3 Å². The highest BCUT2D eigenvalue weighted by Crippen LogP contribution is 2.13. The van der Waals surface area contributed by atoms with Gasteiger partial charge in [-0.1, -0.05) is 36.4 Å². The Morgan fingerprint density at radius 3 is 2.71 bits per heavy atom. The summed E-state index contributed by atoms with van der Waals surface area (Å²) in [6.07, 6.45) is 4.38. The Morgan fingerprint density at radius 2 is 2.07 bits per heavy atom. The highest BCUT2D eigenvalue weighted by atomic mass is 16.5. The molecule has 1 heterocycles. The molecule has 0 aromatic heterocycles. The number of hydrogen-bond acceptors (Lipinski definition) is 2. The molecule has 1 aliphatic heterocycles. The number of ether oxygens (including phenoxy) is 1. The maximum absolute atomic E-state index is 10.8. The van der Waals surface area contributed by atoms with E-state index in [9.17, 15) is 4.79 Å². The molecule has 0 saturated carbocycles. The molecule has 1 aromatic rings. The largest absolute Gasteiger partial charge is 0.462 e. The van der Waals surface area contributed by atoms with Gasteiger partial charge in [-0.2, -0.15) is 0 Å². The minimum absolute atomic E-state index is 0.227. The molecule has 1 aliphatic rings. The van der Waals surface area contributed by atoms with Crippen molar-refractivity contribution in [1.82, 2.24) is 0 Å². The summed E-state index contributed by atoms with van der Waals surface area (Å²) in [6.45, 7) is 0.504. The average molecular weight is 188 g/mol. The zero-order chi connectivity index (χ0) is 9.80. The van der Waals surface area contributed by atoms with Gasteiger partial charge >= 0.3 is 5.97 Å². The van der Waals surface area contributed by atoms with Crippen LogP contribution in [0.3, 0.4) is 0 Å². The summed E-state index contributed by atoms with van der Waals surface area (Å²) < 4.78 is 4.94. The highest BCUT2D eigenvalue weighted by Gasteiger charge is 2.13. The van der Waals surface area contributed by atoms with Crippen LogP contribution in [0, 0.1) is 5.92 Å². The van der Waals surface area contributed by atoms with Crippen LogP contribution >= 0.6 is 0 Å². The first-order valence-corrected chi connectivity index (χ1v) is 4.73. The van der Waals surface area contributed by atoms with Gasteiger partial charge in [-0.25, -0.2) is 4.79 Å². The number of hydrogen-bond donors (Lipinski definition) is 0. The Morgan fingerprint density at radius 1 is 1.29 bits per heavy atom. The molecular weight excluding hydrogens is 176 g/mol. The maximum Gasteiger partial charge on any atom is 0.330 e. The normalized spacial score (nSPS) is 20.6. The van der Waals surface area contributed by atoms with Crippen LogP contribution in [0.1, 0.15) is 5.56 Å². The lowest BCUT2D eigenvalue weighted by Crippen LogP contribution is -2.18. The lowest BCUT2D eigenvalue weighted by atomic mass is 9.99. The van der Waals surface area contributed by atoms with Crippen LogP contribution in [0.2, 0.25) is 0 Å².